The molecule has 0 aliphatic rings. The molecule has 0 amide bonds. The molecule has 9 heteroatoms. The molecule has 9 nitrogen and oxygen atoms in total. The Labute approximate surface area is 487 Å². The normalized spacial score (nSPS) is 13.2. The number of hydrogen-bond donors (Lipinski definition) is 0. The van der Waals surface area contributed by atoms with Crippen molar-refractivity contribution >= 4 is 17.9 Å². The number of nitrogens with zero attached hydrogens (tertiary/aromatic N) is 1. The highest BCUT2D eigenvalue weighted by Gasteiger charge is 2.22. The van der Waals surface area contributed by atoms with Crippen molar-refractivity contribution in [2.24, 2.45) is 0 Å². The van der Waals surface area contributed by atoms with Gasteiger partial charge in [0.25, 0.3) is 0 Å². The number of carbonyl (C=O) groups excluding carboxylic acids is 3. The molecule has 79 heavy (non-hydrogen) atoms. The first kappa shape index (κ1) is 75.7. The van der Waals surface area contributed by atoms with Crippen LogP contribution >= 0.6 is 0 Å². The van der Waals surface area contributed by atoms with Crippen LogP contribution in [0.5, 0.6) is 0 Å². The summed E-state index contributed by atoms with van der Waals surface area (Å²) in [5, 5.41) is 11.8. The van der Waals surface area contributed by atoms with Crippen molar-refractivity contribution in [1.29, 1.82) is 0 Å². The van der Waals surface area contributed by atoms with Gasteiger partial charge in [0.1, 0.15) is 13.2 Å². The van der Waals surface area contributed by atoms with E-state index in [2.05, 4.69) is 86.8 Å². The SMILES string of the molecule is CC/C=C\C/C=C\C/C=C\C/C=C\C/C=C\C/C=C\CCCCCCCCC(=O)OC(COC(=O)CCCCCCCCCCCCCCCCCCCCCCCCCCCCCCC)COC(OCC[N+](C)(C)C)C(=O)[O-]. The van der Waals surface area contributed by atoms with Crippen molar-refractivity contribution < 1.29 is 42.9 Å². The molecule has 0 aliphatic heterocycles. The van der Waals surface area contributed by atoms with Gasteiger partial charge in [0.05, 0.1) is 40.3 Å². The van der Waals surface area contributed by atoms with Crippen LogP contribution in [0, 0.1) is 0 Å². The summed E-state index contributed by atoms with van der Waals surface area (Å²) in [5.74, 6) is -2.29. The Bertz CT molecular complexity index is 1520. The van der Waals surface area contributed by atoms with Crippen molar-refractivity contribution in [3.8, 4) is 0 Å². The molecule has 458 valence electrons. The Balaban J connectivity index is 4.16. The monoisotopic (exact) mass is 1110 g/mol. The van der Waals surface area contributed by atoms with Crippen LogP contribution in [0.2, 0.25) is 0 Å². The first-order valence-corrected chi connectivity index (χ1v) is 33.1. The molecule has 0 heterocycles. The highest BCUT2D eigenvalue weighted by molar-refractivity contribution is 5.70. The summed E-state index contributed by atoms with van der Waals surface area (Å²) in [6.45, 7) is 4.65. The summed E-state index contributed by atoms with van der Waals surface area (Å²) in [6.07, 6.45) is 76.9. The number of likely N-dealkylation sites (N-methyl/N-ethyl adjacent to an activating group) is 1. The van der Waals surface area contributed by atoms with Crippen LogP contribution in [0.25, 0.3) is 0 Å². The van der Waals surface area contributed by atoms with Gasteiger partial charge < -0.3 is 33.3 Å². The fourth-order valence-corrected chi connectivity index (χ4v) is 9.43. The number of allylic oxidation sites excluding steroid dienone is 12. The zero-order chi connectivity index (χ0) is 57.6. The Morgan fingerprint density at radius 2 is 0.722 bits per heavy atom. The molecular weight excluding hydrogens is 983 g/mol. The second-order valence-corrected chi connectivity index (χ2v) is 23.4. The van der Waals surface area contributed by atoms with E-state index in [0.717, 1.165) is 96.3 Å². The minimum atomic E-state index is -1.63. The lowest BCUT2D eigenvalue weighted by Crippen LogP contribution is -2.44. The lowest BCUT2D eigenvalue weighted by molar-refractivity contribution is -0.870. The molecule has 0 aromatic heterocycles. The van der Waals surface area contributed by atoms with Gasteiger partial charge in [-0.15, -0.1) is 0 Å². The lowest BCUT2D eigenvalue weighted by atomic mass is 10.0. The molecule has 0 fully saturated rings. The number of ether oxygens (including phenoxy) is 4. The molecule has 0 saturated carbocycles. The van der Waals surface area contributed by atoms with Crippen LogP contribution in [0.3, 0.4) is 0 Å². The van der Waals surface area contributed by atoms with Crippen molar-refractivity contribution in [2.75, 3.05) is 47.5 Å². The Hall–Kier alpha value is -3.27. The highest BCUT2D eigenvalue weighted by atomic mass is 16.7. The maximum Gasteiger partial charge on any atom is 0.306 e. The molecule has 0 radical (unpaired) electrons. The third-order valence-corrected chi connectivity index (χ3v) is 14.5. The van der Waals surface area contributed by atoms with Crippen LogP contribution in [0.1, 0.15) is 296 Å². The predicted molar refractivity (Wildman–Crippen MR) is 334 cm³/mol. The van der Waals surface area contributed by atoms with E-state index in [1.165, 1.54) is 167 Å². The van der Waals surface area contributed by atoms with E-state index in [0.29, 0.717) is 17.4 Å². The van der Waals surface area contributed by atoms with Crippen molar-refractivity contribution in [3.05, 3.63) is 72.9 Å². The zero-order valence-electron chi connectivity index (χ0n) is 52.2. The lowest BCUT2D eigenvalue weighted by Gasteiger charge is -2.26. The van der Waals surface area contributed by atoms with Gasteiger partial charge in [0.15, 0.2) is 12.4 Å². The standard InChI is InChI=1S/C70H125NO8/c1-6-8-10-12-14-16-18-20-22-24-26-28-30-32-33-34-35-37-38-40-42-44-46-48-50-52-54-56-58-60-67(72)77-64-66(65-78-70(69(74)75)76-63-62-71(3,4)5)79-68(73)61-59-57-55-53-51-49-47-45-43-41-39-36-31-29-27-25-23-21-19-17-15-13-11-9-7-2/h9,11,15,17,21,23,27,29,36,39,43,45,66,70H,6-8,10,12-14,16,18-20,22,24-26,28,30-35,37-38,40-42,44,46-65H2,1-5H3/b11-9-,17-15-,23-21-,29-27-,39-36-,45-43-. The second-order valence-electron chi connectivity index (χ2n) is 23.4. The minimum Gasteiger partial charge on any atom is -0.545 e. The molecule has 0 rings (SSSR count). The number of carboxylic acid groups (broad SMARTS) is 1. The van der Waals surface area contributed by atoms with Crippen LogP contribution in [-0.4, -0.2) is 82.3 Å². The van der Waals surface area contributed by atoms with E-state index in [9.17, 15) is 19.5 Å². The highest BCUT2D eigenvalue weighted by Crippen LogP contribution is 2.18. The van der Waals surface area contributed by atoms with Gasteiger partial charge in [-0.05, 0) is 64.2 Å². The van der Waals surface area contributed by atoms with Crippen molar-refractivity contribution in [2.45, 2.75) is 309 Å². The summed E-state index contributed by atoms with van der Waals surface area (Å²) < 4.78 is 22.8. The number of carboxylic acids is 1. The molecule has 0 saturated heterocycles. The summed E-state index contributed by atoms with van der Waals surface area (Å²) >= 11 is 0. The quantitative estimate of drug-likeness (QED) is 0.0195. The van der Waals surface area contributed by atoms with E-state index in [-0.39, 0.29) is 38.6 Å². The number of aliphatic carboxylic acids is 1. The topological polar surface area (TPSA) is 111 Å². The van der Waals surface area contributed by atoms with Crippen molar-refractivity contribution in [1.82, 2.24) is 0 Å². The van der Waals surface area contributed by atoms with E-state index in [1.54, 1.807) is 0 Å². The molecule has 0 bridgehead atoms. The average molecular weight is 1110 g/mol. The Kier molecular flexibility index (Phi) is 58.3. The number of carbonyl (C=O) groups is 3. The number of unbranched alkanes of at least 4 members (excludes halogenated alkanes) is 34. The molecule has 0 aromatic carbocycles. The van der Waals surface area contributed by atoms with Gasteiger partial charge in [-0.25, -0.2) is 0 Å². The molecule has 0 aliphatic carbocycles. The first-order valence-electron chi connectivity index (χ1n) is 33.1. The molecule has 2 unspecified atom stereocenters. The van der Waals surface area contributed by atoms with Crippen LogP contribution in [0.15, 0.2) is 72.9 Å². The van der Waals surface area contributed by atoms with Crippen LogP contribution in [-0.2, 0) is 33.3 Å². The van der Waals surface area contributed by atoms with Crippen LogP contribution < -0.4 is 5.11 Å². The second kappa shape index (κ2) is 60.8. The number of quaternary nitrogens is 1. The van der Waals surface area contributed by atoms with E-state index >= 15 is 0 Å². The van der Waals surface area contributed by atoms with Gasteiger partial charge in [-0.1, -0.05) is 292 Å². The van der Waals surface area contributed by atoms with E-state index in [4.69, 9.17) is 18.9 Å². The molecule has 0 spiro atoms. The van der Waals surface area contributed by atoms with Crippen molar-refractivity contribution in [3.63, 3.8) is 0 Å². The van der Waals surface area contributed by atoms with E-state index in [1.807, 2.05) is 21.1 Å². The predicted octanol–water partition coefficient (Wildman–Crippen LogP) is 18.8. The number of hydrogen-bond acceptors (Lipinski definition) is 8. The largest absolute Gasteiger partial charge is 0.545 e. The third kappa shape index (κ3) is 62.2. The Morgan fingerprint density at radius 1 is 0.392 bits per heavy atom. The minimum absolute atomic E-state index is 0.143. The molecule has 2 atom stereocenters. The average Bonchev–Trinajstić information content (AvgIpc) is 3.42. The summed E-state index contributed by atoms with van der Waals surface area (Å²) in [6, 6.07) is 0. The van der Waals surface area contributed by atoms with Gasteiger partial charge >= 0.3 is 11.9 Å². The maximum absolute atomic E-state index is 12.9. The fraction of sp³-hybridized carbons (Fsp3) is 0.786. The summed E-state index contributed by atoms with van der Waals surface area (Å²) in [5.41, 5.74) is 0. The van der Waals surface area contributed by atoms with E-state index < -0.39 is 24.3 Å². The zero-order valence-corrected chi connectivity index (χ0v) is 52.2. The Morgan fingerprint density at radius 3 is 1.08 bits per heavy atom. The molecular formula is C70H125NO8. The summed E-state index contributed by atoms with van der Waals surface area (Å²) in [4.78, 5) is 37.4. The maximum atomic E-state index is 12.9. The molecule has 0 aromatic rings. The third-order valence-electron chi connectivity index (χ3n) is 14.5. The first-order chi connectivity index (χ1) is 38.6. The summed E-state index contributed by atoms with van der Waals surface area (Å²) in [7, 11) is 5.92. The van der Waals surface area contributed by atoms with Gasteiger partial charge in [-0.2, -0.15) is 0 Å². The number of rotatable bonds is 61. The fourth-order valence-electron chi connectivity index (χ4n) is 9.43. The smallest absolute Gasteiger partial charge is 0.306 e. The molecule has 0 N–H and O–H groups in total. The van der Waals surface area contributed by atoms with Gasteiger partial charge in [0, 0.05) is 12.8 Å². The van der Waals surface area contributed by atoms with Crippen LogP contribution in [0.4, 0.5) is 0 Å². The number of esters is 2. The van der Waals surface area contributed by atoms with Gasteiger partial charge in [-0.3, -0.25) is 9.59 Å². The van der Waals surface area contributed by atoms with Gasteiger partial charge in [0.2, 0.25) is 0 Å².